The fraction of sp³-hybridized carbons (Fsp3) is 0.625. The number of ketones is 1. The van der Waals surface area contributed by atoms with E-state index < -0.39 is 39.9 Å². The molecule has 1 aliphatic heterocycles. The van der Waals surface area contributed by atoms with Crippen LogP contribution in [0.1, 0.15) is 64.9 Å². The number of unbranched alkanes of at least 4 members (excludes halogenated alkanes) is 1. The molecule has 2 saturated carbocycles. The Morgan fingerprint density at radius 2 is 1.98 bits per heavy atom. The summed E-state index contributed by atoms with van der Waals surface area (Å²) in [7, 11) is 0. The van der Waals surface area contributed by atoms with Gasteiger partial charge in [-0.1, -0.05) is 61.8 Å². The van der Waals surface area contributed by atoms with Gasteiger partial charge in [-0.25, -0.2) is 8.78 Å². The van der Waals surface area contributed by atoms with Gasteiger partial charge in [0.15, 0.2) is 17.1 Å². The minimum absolute atomic E-state index is 0.0162. The molecule has 0 radical (unpaired) electrons. The molecule has 0 spiro atoms. The van der Waals surface area contributed by atoms with Gasteiger partial charge in [0.2, 0.25) is 5.12 Å². The Labute approximate surface area is 249 Å². The first-order chi connectivity index (χ1) is 19.4. The van der Waals surface area contributed by atoms with Gasteiger partial charge in [0, 0.05) is 59.4 Å². The molecule has 9 heteroatoms. The van der Waals surface area contributed by atoms with Crippen molar-refractivity contribution in [2.24, 2.45) is 28.6 Å². The zero-order valence-electron chi connectivity index (χ0n) is 23.8. The molecule has 1 aromatic rings. The molecule has 0 bridgehead atoms. The molecule has 1 heterocycles. The predicted molar refractivity (Wildman–Crippen MR) is 155 cm³/mol. The molecule has 6 rings (SSSR count). The molecule has 8 atom stereocenters. The third-order valence-electron chi connectivity index (χ3n) is 11.0. The fourth-order valence-corrected chi connectivity index (χ4v) is 10.3. The highest BCUT2D eigenvalue weighted by Gasteiger charge is 2.79. The first kappa shape index (κ1) is 29.5. The van der Waals surface area contributed by atoms with Crippen molar-refractivity contribution >= 4 is 34.3 Å². The number of carbonyl (C=O) groups is 2. The average Bonchev–Trinajstić information content (AvgIpc) is 3.40. The summed E-state index contributed by atoms with van der Waals surface area (Å²) in [5, 5.41) is 14.1. The van der Waals surface area contributed by atoms with Crippen LogP contribution in [0.25, 0.3) is 0 Å². The minimum Gasteiger partial charge on any atom is -0.390 e. The summed E-state index contributed by atoms with van der Waals surface area (Å²) in [5.41, 5.74) is -4.63. The largest absolute Gasteiger partial charge is 0.390 e. The number of fused-ring (bicyclic) bond motifs is 7. The molecule has 41 heavy (non-hydrogen) atoms. The molecule has 222 valence electrons. The van der Waals surface area contributed by atoms with Gasteiger partial charge >= 0.3 is 0 Å². The molecular formula is C32H38ClF2NO4S. The highest BCUT2D eigenvalue weighted by molar-refractivity contribution is 8.13. The van der Waals surface area contributed by atoms with Crippen molar-refractivity contribution in [3.05, 3.63) is 58.4 Å². The maximum atomic E-state index is 17.6. The van der Waals surface area contributed by atoms with Crippen molar-refractivity contribution in [1.82, 2.24) is 5.06 Å². The average molecular weight is 606 g/mol. The van der Waals surface area contributed by atoms with Crippen molar-refractivity contribution < 1.29 is 28.3 Å². The molecule has 0 aromatic heterocycles. The van der Waals surface area contributed by atoms with Crippen LogP contribution in [0, 0.1) is 28.6 Å². The van der Waals surface area contributed by atoms with Gasteiger partial charge in [-0.3, -0.25) is 14.4 Å². The zero-order chi connectivity index (χ0) is 29.4. The second-order valence-electron chi connectivity index (χ2n) is 13.1. The van der Waals surface area contributed by atoms with Gasteiger partial charge in [0.25, 0.3) is 0 Å². The summed E-state index contributed by atoms with van der Waals surface area (Å²) >= 11 is 7.34. The molecule has 0 unspecified atom stereocenters. The van der Waals surface area contributed by atoms with Crippen molar-refractivity contribution in [2.45, 2.75) is 83.2 Å². The maximum Gasteiger partial charge on any atom is 0.223 e. The molecule has 3 fully saturated rings. The van der Waals surface area contributed by atoms with Crippen LogP contribution in [0.5, 0.6) is 0 Å². The number of allylic oxidation sites excluding steroid dienone is 4. The SMILES string of the molecule is CCCCSC(=O)[C@@]12ON(Cc3ccc(Cl)cc3)C[C@@H]1C[C@H]1[C@@H]3CC(F)=C4CC(=O)C=C[C@]4(C)[C@@]3(F)[C@@H](O)C[C@@]12C. The Hall–Kier alpha value is -1.58. The number of carbonyl (C=O) groups excluding carboxylic acids is 2. The van der Waals surface area contributed by atoms with Gasteiger partial charge < -0.3 is 5.11 Å². The summed E-state index contributed by atoms with van der Waals surface area (Å²) in [6.07, 6.45) is 3.33. The van der Waals surface area contributed by atoms with Gasteiger partial charge in [0.05, 0.1) is 6.10 Å². The molecule has 1 aromatic carbocycles. The summed E-state index contributed by atoms with van der Waals surface area (Å²) in [6.45, 7) is 6.57. The summed E-state index contributed by atoms with van der Waals surface area (Å²) in [6, 6.07) is 7.49. The Morgan fingerprint density at radius 1 is 1.24 bits per heavy atom. The molecular weight excluding hydrogens is 568 g/mol. The quantitative estimate of drug-likeness (QED) is 0.361. The van der Waals surface area contributed by atoms with Crippen LogP contribution in [-0.2, 0) is 21.0 Å². The van der Waals surface area contributed by atoms with Gasteiger partial charge in [-0.2, -0.15) is 5.06 Å². The number of alkyl halides is 1. The molecule has 4 aliphatic carbocycles. The second kappa shape index (κ2) is 10.3. The summed E-state index contributed by atoms with van der Waals surface area (Å²) in [5.74, 6) is -1.54. The Bertz CT molecular complexity index is 1320. The number of thioether (sulfide) groups is 1. The molecule has 1 saturated heterocycles. The monoisotopic (exact) mass is 605 g/mol. The lowest BCUT2D eigenvalue weighted by molar-refractivity contribution is -0.263. The fourth-order valence-electron chi connectivity index (χ4n) is 8.94. The van der Waals surface area contributed by atoms with Crippen LogP contribution < -0.4 is 0 Å². The first-order valence-corrected chi connectivity index (χ1v) is 16.1. The smallest absolute Gasteiger partial charge is 0.223 e. The van der Waals surface area contributed by atoms with Crippen LogP contribution in [0.4, 0.5) is 8.78 Å². The lowest BCUT2D eigenvalue weighted by Crippen LogP contribution is -2.69. The van der Waals surface area contributed by atoms with Crippen LogP contribution >= 0.6 is 23.4 Å². The van der Waals surface area contributed by atoms with E-state index in [0.717, 1.165) is 18.4 Å². The summed E-state index contributed by atoms with van der Waals surface area (Å²) < 4.78 is 33.4. The lowest BCUT2D eigenvalue weighted by atomic mass is 9.45. The molecule has 5 aliphatic rings. The Morgan fingerprint density at radius 3 is 2.68 bits per heavy atom. The number of aliphatic hydroxyl groups is 1. The highest BCUT2D eigenvalue weighted by Crippen LogP contribution is 2.73. The molecule has 0 amide bonds. The van der Waals surface area contributed by atoms with Crippen molar-refractivity contribution in [2.75, 3.05) is 12.3 Å². The second-order valence-corrected chi connectivity index (χ2v) is 14.6. The minimum atomic E-state index is -2.17. The van der Waals surface area contributed by atoms with E-state index in [2.05, 4.69) is 6.92 Å². The highest BCUT2D eigenvalue weighted by atomic mass is 35.5. The molecule has 5 nitrogen and oxygen atoms in total. The number of hydrogen-bond donors (Lipinski definition) is 1. The number of hydroxylamine groups is 2. The first-order valence-electron chi connectivity index (χ1n) is 14.7. The maximum absolute atomic E-state index is 17.6. The van der Waals surface area contributed by atoms with E-state index in [0.29, 0.717) is 30.3 Å². The molecule has 1 N–H and O–H groups in total. The van der Waals surface area contributed by atoms with Gasteiger partial charge in [-0.15, -0.1) is 0 Å². The van der Waals surface area contributed by atoms with E-state index in [1.54, 1.807) is 6.92 Å². The van der Waals surface area contributed by atoms with E-state index in [-0.39, 0.29) is 47.6 Å². The van der Waals surface area contributed by atoms with E-state index >= 15 is 8.78 Å². The normalized spacial score (nSPS) is 41.7. The van der Waals surface area contributed by atoms with Crippen LogP contribution in [-0.4, -0.2) is 50.7 Å². The summed E-state index contributed by atoms with van der Waals surface area (Å²) in [4.78, 5) is 33.2. The van der Waals surface area contributed by atoms with Crippen LogP contribution in [0.3, 0.4) is 0 Å². The number of nitrogens with zero attached hydrogens (tertiary/aromatic N) is 1. The van der Waals surface area contributed by atoms with E-state index in [1.807, 2.05) is 36.3 Å². The number of aliphatic hydroxyl groups excluding tert-OH is 1. The zero-order valence-corrected chi connectivity index (χ0v) is 25.4. The van der Waals surface area contributed by atoms with Gasteiger partial charge in [-0.05, 0) is 61.4 Å². The van der Waals surface area contributed by atoms with Gasteiger partial charge in [0.1, 0.15) is 5.83 Å². The third-order valence-corrected chi connectivity index (χ3v) is 12.3. The lowest BCUT2D eigenvalue weighted by Gasteiger charge is -2.62. The Kier molecular flexibility index (Phi) is 7.38. The number of rotatable bonds is 6. The number of halogens is 3. The van der Waals surface area contributed by atoms with Crippen LogP contribution in [0.15, 0.2) is 47.8 Å². The Balaban J connectivity index is 1.39. The van der Waals surface area contributed by atoms with E-state index in [4.69, 9.17) is 16.4 Å². The van der Waals surface area contributed by atoms with Crippen LogP contribution in [0.2, 0.25) is 5.02 Å². The topological polar surface area (TPSA) is 66.8 Å². The number of hydrogen-bond acceptors (Lipinski definition) is 6. The predicted octanol–water partition coefficient (Wildman–Crippen LogP) is 6.78. The van der Waals surface area contributed by atoms with E-state index in [1.165, 1.54) is 23.9 Å². The third kappa shape index (κ3) is 4.10. The van der Waals surface area contributed by atoms with Crippen molar-refractivity contribution in [3.8, 4) is 0 Å². The standard InChI is InChI=1S/C32H38ClF2NO4S/c1-4-5-12-41-28(39)32-20(18-36(40-32)17-19-6-8-21(33)9-7-19)13-23-24-15-26(34)25-14-22(37)10-11-29(25,2)31(24,35)27(38)16-30(23,32)3/h6-11,20,23-24,27,38H,4-5,12-18H2,1-3H3/t20-,23-,24-,27-,29-,30-,31-,32-/m0/s1. The van der Waals surface area contributed by atoms with Crippen molar-refractivity contribution in [1.29, 1.82) is 0 Å². The van der Waals surface area contributed by atoms with E-state index in [9.17, 15) is 14.7 Å². The number of benzene rings is 1. The van der Waals surface area contributed by atoms with Crippen molar-refractivity contribution in [3.63, 3.8) is 0 Å².